The van der Waals surface area contributed by atoms with E-state index in [0.717, 1.165) is 16.7 Å². The van der Waals surface area contributed by atoms with E-state index in [1.165, 1.54) is 23.7 Å². The minimum atomic E-state index is -0.774. The number of carbonyl (C=O) groups is 1. The maximum atomic E-state index is 14.1. The van der Waals surface area contributed by atoms with Gasteiger partial charge in [-0.3, -0.25) is 13.9 Å². The molecule has 156 valence electrons. The van der Waals surface area contributed by atoms with E-state index in [2.05, 4.69) is 0 Å². The summed E-state index contributed by atoms with van der Waals surface area (Å²) in [5.41, 5.74) is -0.976. The molecule has 0 unspecified atom stereocenters. The monoisotopic (exact) mass is 408 g/mol. The summed E-state index contributed by atoms with van der Waals surface area (Å²) in [5, 5.41) is 0. The lowest BCUT2D eigenvalue weighted by Gasteiger charge is -2.36. The number of nitrogens with zero attached hydrogens (tertiary/aromatic N) is 4. The van der Waals surface area contributed by atoms with Crippen LogP contribution in [0.5, 0.6) is 0 Å². The fourth-order valence-electron chi connectivity index (χ4n) is 3.22. The fraction of sp³-hybridized carbons (Fsp3) is 0.421. The molecule has 1 aliphatic heterocycles. The molecule has 0 bridgehead atoms. The van der Waals surface area contributed by atoms with Crippen LogP contribution in [0.4, 0.5) is 19.4 Å². The summed E-state index contributed by atoms with van der Waals surface area (Å²) in [6.07, 6.45) is -0.415. The lowest BCUT2D eigenvalue weighted by atomic mass is 10.2. The SMILES string of the molecule is CCOC(=O)N1CCN(c2cc(=O)n(C)c(=O)n2Cc2ccc(F)cc2F)CC1. The average molecular weight is 408 g/mol. The van der Waals surface area contributed by atoms with Crippen LogP contribution in [0.15, 0.2) is 33.9 Å². The van der Waals surface area contributed by atoms with Gasteiger partial charge in [0.15, 0.2) is 0 Å². The van der Waals surface area contributed by atoms with Crippen LogP contribution < -0.4 is 16.1 Å². The maximum Gasteiger partial charge on any atom is 0.409 e. The van der Waals surface area contributed by atoms with E-state index in [1.54, 1.807) is 16.7 Å². The summed E-state index contributed by atoms with van der Waals surface area (Å²) in [6.45, 7) is 3.29. The number of ether oxygens (including phenoxy) is 1. The maximum absolute atomic E-state index is 14.1. The van der Waals surface area contributed by atoms with Crippen LogP contribution in [-0.4, -0.2) is 52.9 Å². The molecule has 1 amide bonds. The molecule has 0 saturated carbocycles. The zero-order valence-electron chi connectivity index (χ0n) is 16.2. The summed E-state index contributed by atoms with van der Waals surface area (Å²) in [4.78, 5) is 40.1. The lowest BCUT2D eigenvalue weighted by Crippen LogP contribution is -2.51. The van der Waals surface area contributed by atoms with Gasteiger partial charge in [-0.25, -0.2) is 18.4 Å². The molecule has 1 fully saturated rings. The second-order valence-electron chi connectivity index (χ2n) is 6.68. The third-order valence-electron chi connectivity index (χ3n) is 4.85. The molecule has 0 radical (unpaired) electrons. The summed E-state index contributed by atoms with van der Waals surface area (Å²) in [5.74, 6) is -1.16. The van der Waals surface area contributed by atoms with E-state index in [1.807, 2.05) is 0 Å². The predicted octanol–water partition coefficient (Wildman–Crippen LogP) is 1.15. The van der Waals surface area contributed by atoms with Gasteiger partial charge in [0.1, 0.15) is 17.5 Å². The van der Waals surface area contributed by atoms with Gasteiger partial charge in [-0.1, -0.05) is 6.07 Å². The second kappa shape index (κ2) is 8.46. The molecule has 1 aliphatic rings. The largest absolute Gasteiger partial charge is 0.450 e. The number of anilines is 1. The highest BCUT2D eigenvalue weighted by molar-refractivity contribution is 5.68. The minimum Gasteiger partial charge on any atom is -0.450 e. The molecule has 1 aromatic carbocycles. The van der Waals surface area contributed by atoms with Gasteiger partial charge in [-0.05, 0) is 13.0 Å². The Labute approximate surface area is 165 Å². The quantitative estimate of drug-likeness (QED) is 0.759. The molecule has 1 saturated heterocycles. The van der Waals surface area contributed by atoms with Crippen LogP contribution in [0, 0.1) is 11.6 Å². The third-order valence-corrected chi connectivity index (χ3v) is 4.85. The molecule has 0 spiro atoms. The molecule has 29 heavy (non-hydrogen) atoms. The standard InChI is InChI=1S/C19H22F2N4O4/c1-3-29-19(28)24-8-6-23(7-9-24)16-11-17(26)22(2)18(27)25(16)12-13-4-5-14(20)10-15(13)21/h4-5,10-11H,3,6-9,12H2,1-2H3. The van der Waals surface area contributed by atoms with Crippen LogP contribution >= 0.6 is 0 Å². The van der Waals surface area contributed by atoms with Gasteiger partial charge in [-0.2, -0.15) is 0 Å². The van der Waals surface area contributed by atoms with E-state index in [-0.39, 0.29) is 18.7 Å². The summed E-state index contributed by atoms with van der Waals surface area (Å²) < 4.78 is 34.5. The summed E-state index contributed by atoms with van der Waals surface area (Å²) >= 11 is 0. The number of hydrogen-bond donors (Lipinski definition) is 0. The second-order valence-corrected chi connectivity index (χ2v) is 6.68. The molecule has 1 aromatic heterocycles. The third kappa shape index (κ3) is 4.30. The molecule has 0 aliphatic carbocycles. The highest BCUT2D eigenvalue weighted by Crippen LogP contribution is 2.17. The normalized spacial score (nSPS) is 14.2. The Morgan fingerprint density at radius 3 is 2.41 bits per heavy atom. The van der Waals surface area contributed by atoms with Crippen molar-refractivity contribution in [3.63, 3.8) is 0 Å². The predicted molar refractivity (Wildman–Crippen MR) is 102 cm³/mol. The van der Waals surface area contributed by atoms with Gasteiger partial charge in [0, 0.05) is 50.9 Å². The van der Waals surface area contributed by atoms with Gasteiger partial charge < -0.3 is 14.5 Å². The summed E-state index contributed by atoms with van der Waals surface area (Å²) in [7, 11) is 1.34. The molecule has 2 heterocycles. The molecule has 10 heteroatoms. The first-order valence-corrected chi connectivity index (χ1v) is 9.23. The Kier molecular flexibility index (Phi) is 6.00. The van der Waals surface area contributed by atoms with Crippen molar-refractivity contribution in [2.45, 2.75) is 13.5 Å². The van der Waals surface area contributed by atoms with Crippen molar-refractivity contribution < 1.29 is 18.3 Å². The highest BCUT2D eigenvalue weighted by atomic mass is 19.1. The Morgan fingerprint density at radius 2 is 1.79 bits per heavy atom. The summed E-state index contributed by atoms with van der Waals surface area (Å²) in [6, 6.07) is 4.44. The van der Waals surface area contributed by atoms with Crippen molar-refractivity contribution >= 4 is 11.9 Å². The average Bonchev–Trinajstić information content (AvgIpc) is 2.70. The van der Waals surface area contributed by atoms with E-state index in [4.69, 9.17) is 4.74 Å². The van der Waals surface area contributed by atoms with E-state index < -0.39 is 29.0 Å². The molecular formula is C19H22F2N4O4. The molecule has 2 aromatic rings. The van der Waals surface area contributed by atoms with Crippen molar-refractivity contribution in [1.29, 1.82) is 0 Å². The van der Waals surface area contributed by atoms with Gasteiger partial charge in [0.25, 0.3) is 5.56 Å². The smallest absolute Gasteiger partial charge is 0.409 e. The molecule has 0 N–H and O–H groups in total. The van der Waals surface area contributed by atoms with Crippen LogP contribution in [0.3, 0.4) is 0 Å². The Balaban J connectivity index is 1.92. The first-order chi connectivity index (χ1) is 13.8. The zero-order valence-corrected chi connectivity index (χ0v) is 16.2. The van der Waals surface area contributed by atoms with E-state index in [9.17, 15) is 23.2 Å². The Morgan fingerprint density at radius 1 is 1.10 bits per heavy atom. The number of aromatic nitrogens is 2. The number of halogens is 2. The zero-order chi connectivity index (χ0) is 21.1. The topological polar surface area (TPSA) is 76.8 Å². The lowest BCUT2D eigenvalue weighted by molar-refractivity contribution is 0.105. The van der Waals surface area contributed by atoms with Crippen LogP contribution in [-0.2, 0) is 18.3 Å². The van der Waals surface area contributed by atoms with E-state index >= 15 is 0 Å². The van der Waals surface area contributed by atoms with Crippen molar-refractivity contribution in [1.82, 2.24) is 14.0 Å². The van der Waals surface area contributed by atoms with Gasteiger partial charge in [-0.15, -0.1) is 0 Å². The van der Waals surface area contributed by atoms with Crippen molar-refractivity contribution in [2.24, 2.45) is 7.05 Å². The van der Waals surface area contributed by atoms with Crippen molar-refractivity contribution in [3.05, 3.63) is 62.3 Å². The molecule has 8 nitrogen and oxygen atoms in total. The molecule has 3 rings (SSSR count). The number of hydrogen-bond acceptors (Lipinski definition) is 5. The first kappa shape index (κ1) is 20.6. The number of benzene rings is 1. The number of carbonyl (C=O) groups excluding carboxylic acids is 1. The fourth-order valence-corrected chi connectivity index (χ4v) is 3.22. The van der Waals surface area contributed by atoms with Crippen LogP contribution in [0.2, 0.25) is 0 Å². The molecule has 0 atom stereocenters. The van der Waals surface area contributed by atoms with Crippen LogP contribution in [0.1, 0.15) is 12.5 Å². The van der Waals surface area contributed by atoms with E-state index in [0.29, 0.717) is 32.0 Å². The highest BCUT2D eigenvalue weighted by Gasteiger charge is 2.25. The van der Waals surface area contributed by atoms with Crippen molar-refractivity contribution in [2.75, 3.05) is 37.7 Å². The first-order valence-electron chi connectivity index (χ1n) is 9.23. The Bertz CT molecular complexity index is 1030. The minimum absolute atomic E-state index is 0.124. The van der Waals surface area contributed by atoms with Crippen LogP contribution in [0.25, 0.3) is 0 Å². The van der Waals surface area contributed by atoms with Gasteiger partial charge >= 0.3 is 11.8 Å². The number of piperazine rings is 1. The van der Waals surface area contributed by atoms with Crippen molar-refractivity contribution in [3.8, 4) is 0 Å². The Hall–Kier alpha value is -3.17. The molecular weight excluding hydrogens is 386 g/mol. The van der Waals surface area contributed by atoms with Gasteiger partial charge in [0.2, 0.25) is 0 Å². The number of amides is 1. The van der Waals surface area contributed by atoms with Gasteiger partial charge in [0.05, 0.1) is 13.2 Å². The number of rotatable bonds is 4.